The third-order valence-corrected chi connectivity index (χ3v) is 16.5. The van der Waals surface area contributed by atoms with E-state index in [1.807, 2.05) is 13.8 Å². The Bertz CT molecular complexity index is 1180. The number of ketones is 1. The maximum Gasteiger partial charge on any atom is 0.308 e. The van der Waals surface area contributed by atoms with E-state index in [0.29, 0.717) is 60.2 Å². The Morgan fingerprint density at radius 1 is 0.935 bits per heavy atom. The number of fused-ring (bicyclic) bond motifs is 7. The minimum absolute atomic E-state index is 0.00195. The first-order valence-corrected chi connectivity index (χ1v) is 19.4. The number of carbonyl (C=O) groups excluding carboxylic acids is 3. The lowest BCUT2D eigenvalue weighted by molar-refractivity contribution is -0.184. The number of esters is 1. The summed E-state index contributed by atoms with van der Waals surface area (Å²) in [5, 5.41) is 15.0. The fourth-order valence-corrected chi connectivity index (χ4v) is 13.1. The Labute approximate surface area is 279 Å². The van der Waals surface area contributed by atoms with Crippen molar-refractivity contribution in [1.82, 2.24) is 5.32 Å². The Morgan fingerprint density at radius 2 is 1.65 bits per heavy atom. The molecule has 2 N–H and O–H groups in total. The van der Waals surface area contributed by atoms with E-state index in [0.717, 1.165) is 64.2 Å². The maximum absolute atomic E-state index is 13.0. The van der Waals surface area contributed by atoms with E-state index in [1.54, 1.807) is 0 Å². The van der Waals surface area contributed by atoms with Crippen LogP contribution in [0.5, 0.6) is 0 Å². The first-order valence-electron chi connectivity index (χ1n) is 19.4. The van der Waals surface area contributed by atoms with Crippen LogP contribution in [-0.4, -0.2) is 41.5 Å². The molecule has 0 radical (unpaired) electrons. The van der Waals surface area contributed by atoms with Crippen molar-refractivity contribution in [1.29, 1.82) is 0 Å². The van der Waals surface area contributed by atoms with Crippen molar-refractivity contribution in [3.05, 3.63) is 0 Å². The predicted octanol–water partition coefficient (Wildman–Crippen LogP) is 7.89. The normalized spacial score (nSPS) is 45.3. The summed E-state index contributed by atoms with van der Waals surface area (Å²) in [6, 6.07) is 0. The molecule has 6 rings (SSSR count). The van der Waals surface area contributed by atoms with E-state index in [9.17, 15) is 19.5 Å². The first kappa shape index (κ1) is 34.4. The zero-order valence-corrected chi connectivity index (χ0v) is 30.2. The van der Waals surface area contributed by atoms with Gasteiger partial charge in [0.15, 0.2) is 0 Å². The van der Waals surface area contributed by atoms with Crippen LogP contribution in [0.3, 0.4) is 0 Å². The summed E-state index contributed by atoms with van der Waals surface area (Å²) < 4.78 is 5.98. The summed E-state index contributed by atoms with van der Waals surface area (Å²) in [7, 11) is 0. The molecule has 0 saturated heterocycles. The summed E-state index contributed by atoms with van der Waals surface area (Å²) in [4.78, 5) is 38.5. The summed E-state index contributed by atoms with van der Waals surface area (Å²) in [6.07, 6.45) is 14.2. The van der Waals surface area contributed by atoms with Crippen LogP contribution in [0.15, 0.2) is 0 Å². The average molecular weight is 640 g/mol. The van der Waals surface area contributed by atoms with Gasteiger partial charge >= 0.3 is 5.97 Å². The van der Waals surface area contributed by atoms with E-state index in [4.69, 9.17) is 4.74 Å². The van der Waals surface area contributed by atoms with Crippen molar-refractivity contribution in [2.24, 2.45) is 69.0 Å². The average Bonchev–Trinajstić information content (AvgIpc) is 3.55. The van der Waals surface area contributed by atoms with Gasteiger partial charge in [-0.2, -0.15) is 0 Å². The SMILES string of the molecule is CCC(C)C(=O)OC1CCC2(C)C(C1)CC(O)C1C2CCC2(C)C(C(C)CCC(=O)NCCC34CCC(CC3=O)C4(C)C)CCC12. The third kappa shape index (κ3) is 5.41. The van der Waals surface area contributed by atoms with Gasteiger partial charge in [-0.05, 0) is 141 Å². The van der Waals surface area contributed by atoms with Crippen LogP contribution in [0.2, 0.25) is 0 Å². The number of amides is 1. The quantitative estimate of drug-likeness (QED) is 0.237. The molecule has 0 aliphatic heterocycles. The van der Waals surface area contributed by atoms with Gasteiger partial charge in [-0.15, -0.1) is 0 Å². The standard InChI is InChI=1S/C40H65NO5/c1-8-24(2)36(45)46-28-14-16-38(6)27(21-28)22-32(42)35-30-11-10-29(39(30,7)17-15-31(35)38)25(3)9-12-34(44)41-20-19-40-18-13-26(23-33(40)43)37(40,4)5/h24-32,35,42H,8-23H2,1-7H3,(H,41,44). The van der Waals surface area contributed by atoms with Gasteiger partial charge in [0.05, 0.1) is 12.0 Å². The van der Waals surface area contributed by atoms with Crippen LogP contribution in [0.25, 0.3) is 0 Å². The van der Waals surface area contributed by atoms with Crippen LogP contribution in [0.4, 0.5) is 0 Å². The molecule has 6 aliphatic carbocycles. The van der Waals surface area contributed by atoms with Crippen molar-refractivity contribution in [3.8, 4) is 0 Å². The zero-order valence-electron chi connectivity index (χ0n) is 30.2. The minimum Gasteiger partial charge on any atom is -0.462 e. The fraction of sp³-hybridized carbons (Fsp3) is 0.925. The molecule has 0 heterocycles. The van der Waals surface area contributed by atoms with Crippen molar-refractivity contribution >= 4 is 17.7 Å². The zero-order chi connectivity index (χ0) is 33.2. The lowest BCUT2D eigenvalue weighted by Crippen LogP contribution is -2.58. The van der Waals surface area contributed by atoms with E-state index >= 15 is 0 Å². The molecular weight excluding hydrogens is 574 g/mol. The summed E-state index contributed by atoms with van der Waals surface area (Å²) in [5.41, 5.74) is 0.258. The number of hydrogen-bond donors (Lipinski definition) is 2. The molecule has 6 aliphatic rings. The monoisotopic (exact) mass is 639 g/mol. The Morgan fingerprint density at radius 3 is 2.33 bits per heavy atom. The molecule has 13 atom stereocenters. The lowest BCUT2D eigenvalue weighted by atomic mass is 9.43. The van der Waals surface area contributed by atoms with Crippen molar-refractivity contribution in [3.63, 3.8) is 0 Å². The van der Waals surface area contributed by atoms with E-state index < -0.39 is 0 Å². The first-order chi connectivity index (χ1) is 21.7. The highest BCUT2D eigenvalue weighted by molar-refractivity contribution is 5.89. The molecule has 13 unspecified atom stereocenters. The maximum atomic E-state index is 13.0. The molecule has 6 nitrogen and oxygen atoms in total. The molecule has 0 aromatic rings. The molecule has 0 aromatic heterocycles. The second kappa shape index (κ2) is 12.5. The second-order valence-corrected chi connectivity index (χ2v) is 18.4. The third-order valence-electron chi connectivity index (χ3n) is 16.5. The van der Waals surface area contributed by atoms with E-state index in [2.05, 4.69) is 39.9 Å². The van der Waals surface area contributed by atoms with Gasteiger partial charge in [-0.25, -0.2) is 0 Å². The Balaban J connectivity index is 1.02. The molecule has 2 bridgehead atoms. The molecule has 6 fully saturated rings. The van der Waals surface area contributed by atoms with E-state index in [-0.39, 0.29) is 51.7 Å². The smallest absolute Gasteiger partial charge is 0.308 e. The van der Waals surface area contributed by atoms with Crippen molar-refractivity contribution in [2.45, 2.75) is 157 Å². The van der Waals surface area contributed by atoms with Crippen molar-refractivity contribution in [2.75, 3.05) is 6.54 Å². The van der Waals surface area contributed by atoms with Crippen LogP contribution < -0.4 is 5.32 Å². The number of nitrogens with one attached hydrogen (secondary N) is 1. The molecule has 0 aromatic carbocycles. The number of rotatable bonds is 10. The molecule has 6 heteroatoms. The molecule has 6 saturated carbocycles. The molecule has 1 amide bonds. The Kier molecular flexibility index (Phi) is 9.34. The van der Waals surface area contributed by atoms with Crippen LogP contribution >= 0.6 is 0 Å². The highest BCUT2D eigenvalue weighted by atomic mass is 16.5. The highest BCUT2D eigenvalue weighted by Crippen LogP contribution is 2.69. The number of ether oxygens (including phenoxy) is 1. The van der Waals surface area contributed by atoms with Crippen LogP contribution in [0, 0.1) is 69.0 Å². The van der Waals surface area contributed by atoms with Gasteiger partial charge in [-0.1, -0.05) is 48.5 Å². The molecule has 260 valence electrons. The minimum atomic E-state index is -0.275. The van der Waals surface area contributed by atoms with Gasteiger partial charge in [0.1, 0.15) is 11.9 Å². The largest absolute Gasteiger partial charge is 0.462 e. The predicted molar refractivity (Wildman–Crippen MR) is 181 cm³/mol. The van der Waals surface area contributed by atoms with Gasteiger partial charge in [0, 0.05) is 24.8 Å². The summed E-state index contributed by atoms with van der Waals surface area (Å²) in [6.45, 7) is 16.5. The van der Waals surface area contributed by atoms with Gasteiger partial charge in [0.2, 0.25) is 5.91 Å². The van der Waals surface area contributed by atoms with Crippen LogP contribution in [0.1, 0.15) is 145 Å². The molecule has 0 spiro atoms. The van der Waals surface area contributed by atoms with Gasteiger partial charge in [0.25, 0.3) is 0 Å². The highest BCUT2D eigenvalue weighted by Gasteiger charge is 2.64. The Hall–Kier alpha value is -1.43. The number of aliphatic hydroxyl groups excluding tert-OH is 1. The van der Waals surface area contributed by atoms with E-state index in [1.165, 1.54) is 25.7 Å². The number of hydrogen-bond acceptors (Lipinski definition) is 5. The summed E-state index contributed by atoms with van der Waals surface area (Å²) in [5.74, 6) is 3.90. The number of carbonyl (C=O) groups is 3. The lowest BCUT2D eigenvalue weighted by Gasteiger charge is -2.62. The summed E-state index contributed by atoms with van der Waals surface area (Å²) >= 11 is 0. The van der Waals surface area contributed by atoms with Gasteiger partial charge in [-0.3, -0.25) is 14.4 Å². The van der Waals surface area contributed by atoms with Crippen LogP contribution in [-0.2, 0) is 19.1 Å². The van der Waals surface area contributed by atoms with Gasteiger partial charge < -0.3 is 15.2 Å². The van der Waals surface area contributed by atoms with Crippen molar-refractivity contribution < 1.29 is 24.2 Å². The number of Topliss-reactive ketones (excluding diaryl/α,β-unsaturated/α-hetero) is 1. The molecule has 46 heavy (non-hydrogen) atoms. The fourth-order valence-electron chi connectivity index (χ4n) is 13.1. The second-order valence-electron chi connectivity index (χ2n) is 18.4. The number of aliphatic hydroxyl groups is 1. The topological polar surface area (TPSA) is 92.7 Å². The molecular formula is C40H65NO5.